The SMILES string of the molecule is COc1ccc(C(=O)Oc2c(Br)cc(/C=C/[N+](=O)[O-])cc2OC)cc1. The first-order chi connectivity index (χ1) is 11.9. The Bertz CT molecular complexity index is 817. The zero-order chi connectivity index (χ0) is 18.4. The molecule has 0 saturated heterocycles. The molecule has 2 aromatic carbocycles. The van der Waals surface area contributed by atoms with E-state index in [-0.39, 0.29) is 11.5 Å². The van der Waals surface area contributed by atoms with Crippen molar-refractivity contribution in [3.8, 4) is 17.2 Å². The molecule has 0 spiro atoms. The van der Waals surface area contributed by atoms with Crippen LogP contribution in [0.2, 0.25) is 0 Å². The highest BCUT2D eigenvalue weighted by Gasteiger charge is 2.17. The quantitative estimate of drug-likeness (QED) is 0.312. The van der Waals surface area contributed by atoms with Gasteiger partial charge in [-0.3, -0.25) is 10.1 Å². The molecule has 130 valence electrons. The van der Waals surface area contributed by atoms with Crippen molar-refractivity contribution < 1.29 is 23.9 Å². The van der Waals surface area contributed by atoms with Crippen molar-refractivity contribution in [2.45, 2.75) is 0 Å². The zero-order valence-corrected chi connectivity index (χ0v) is 15.0. The van der Waals surface area contributed by atoms with Gasteiger partial charge in [0.05, 0.1) is 29.2 Å². The maximum atomic E-state index is 12.3. The molecule has 7 nitrogen and oxygen atoms in total. The second kappa shape index (κ2) is 8.29. The van der Waals surface area contributed by atoms with Gasteiger partial charge in [0.15, 0.2) is 11.5 Å². The van der Waals surface area contributed by atoms with Gasteiger partial charge in [-0.2, -0.15) is 0 Å². The molecule has 0 N–H and O–H groups in total. The van der Waals surface area contributed by atoms with Crippen LogP contribution >= 0.6 is 15.9 Å². The van der Waals surface area contributed by atoms with Gasteiger partial charge in [0.25, 0.3) is 0 Å². The smallest absolute Gasteiger partial charge is 0.343 e. The maximum Gasteiger partial charge on any atom is 0.343 e. The third-order valence-electron chi connectivity index (χ3n) is 3.16. The molecule has 2 aromatic rings. The number of carbonyl (C=O) groups excluding carboxylic acids is 1. The molecular weight excluding hydrogens is 394 g/mol. The van der Waals surface area contributed by atoms with Crippen LogP contribution in [0, 0.1) is 10.1 Å². The number of rotatable bonds is 6. The number of nitrogens with zero attached hydrogens (tertiary/aromatic N) is 1. The lowest BCUT2D eigenvalue weighted by atomic mass is 10.2. The van der Waals surface area contributed by atoms with Crippen LogP contribution in [0.4, 0.5) is 0 Å². The van der Waals surface area contributed by atoms with Crippen molar-refractivity contribution >= 4 is 28.0 Å². The maximum absolute atomic E-state index is 12.3. The van der Waals surface area contributed by atoms with Gasteiger partial charge in [-0.15, -0.1) is 0 Å². The van der Waals surface area contributed by atoms with E-state index in [2.05, 4.69) is 15.9 Å². The normalized spacial score (nSPS) is 10.5. The van der Waals surface area contributed by atoms with E-state index in [9.17, 15) is 14.9 Å². The lowest BCUT2D eigenvalue weighted by molar-refractivity contribution is -0.400. The summed E-state index contributed by atoms with van der Waals surface area (Å²) in [5, 5.41) is 10.4. The van der Waals surface area contributed by atoms with Gasteiger partial charge in [-0.05, 0) is 57.9 Å². The lowest BCUT2D eigenvalue weighted by Crippen LogP contribution is -2.09. The molecule has 0 aliphatic carbocycles. The number of nitro groups is 1. The van der Waals surface area contributed by atoms with Gasteiger partial charge < -0.3 is 14.2 Å². The summed E-state index contributed by atoms with van der Waals surface area (Å²) in [7, 11) is 2.94. The molecule has 0 saturated carbocycles. The fourth-order valence-corrected chi connectivity index (χ4v) is 2.50. The Morgan fingerprint density at radius 3 is 2.40 bits per heavy atom. The van der Waals surface area contributed by atoms with Crippen molar-refractivity contribution in [1.82, 2.24) is 0 Å². The van der Waals surface area contributed by atoms with Crippen molar-refractivity contribution in [1.29, 1.82) is 0 Å². The van der Waals surface area contributed by atoms with Crippen LogP contribution in [0.1, 0.15) is 15.9 Å². The Kier molecular flexibility index (Phi) is 6.13. The number of esters is 1. The first-order valence-electron chi connectivity index (χ1n) is 7.00. The number of ether oxygens (including phenoxy) is 3. The average Bonchev–Trinajstić information content (AvgIpc) is 2.61. The number of hydrogen-bond donors (Lipinski definition) is 0. The number of hydrogen-bond acceptors (Lipinski definition) is 6. The molecule has 0 heterocycles. The van der Waals surface area contributed by atoms with E-state index in [0.717, 1.165) is 6.20 Å². The Morgan fingerprint density at radius 2 is 1.84 bits per heavy atom. The Hall–Kier alpha value is -2.87. The van der Waals surface area contributed by atoms with Crippen LogP contribution in [0.3, 0.4) is 0 Å². The topological polar surface area (TPSA) is 87.9 Å². The predicted octanol–water partition coefficient (Wildman–Crippen LogP) is 3.93. The molecule has 0 aromatic heterocycles. The second-order valence-corrected chi connectivity index (χ2v) is 5.61. The minimum absolute atomic E-state index is 0.182. The molecule has 25 heavy (non-hydrogen) atoms. The molecule has 0 aliphatic rings. The molecule has 0 radical (unpaired) electrons. The van der Waals surface area contributed by atoms with E-state index in [4.69, 9.17) is 14.2 Å². The van der Waals surface area contributed by atoms with E-state index in [0.29, 0.717) is 21.3 Å². The average molecular weight is 408 g/mol. The number of carbonyl (C=O) groups is 1. The highest BCUT2D eigenvalue weighted by Crippen LogP contribution is 2.37. The van der Waals surface area contributed by atoms with Gasteiger partial charge in [-0.25, -0.2) is 4.79 Å². The van der Waals surface area contributed by atoms with E-state index >= 15 is 0 Å². The van der Waals surface area contributed by atoms with Crippen LogP contribution in [0.25, 0.3) is 6.08 Å². The van der Waals surface area contributed by atoms with Gasteiger partial charge in [0, 0.05) is 6.08 Å². The molecule has 2 rings (SSSR count). The fourth-order valence-electron chi connectivity index (χ4n) is 1.96. The molecule has 0 fully saturated rings. The summed E-state index contributed by atoms with van der Waals surface area (Å²) in [6.07, 6.45) is 2.12. The Morgan fingerprint density at radius 1 is 1.16 bits per heavy atom. The van der Waals surface area contributed by atoms with E-state index in [1.807, 2.05) is 0 Å². The number of halogens is 1. The van der Waals surface area contributed by atoms with Crippen LogP contribution in [-0.4, -0.2) is 25.1 Å². The van der Waals surface area contributed by atoms with E-state index < -0.39 is 10.9 Å². The van der Waals surface area contributed by atoms with Gasteiger partial charge >= 0.3 is 5.97 Å². The summed E-state index contributed by atoms with van der Waals surface area (Å²) in [6.45, 7) is 0. The standard InChI is InChI=1S/C17H14BrNO6/c1-23-13-5-3-12(4-6-13)17(20)25-16-14(18)9-11(7-8-19(21)22)10-15(16)24-2/h3-10H,1-2H3/b8-7+. The summed E-state index contributed by atoms with van der Waals surface area (Å²) in [5.41, 5.74) is 0.858. The first-order valence-corrected chi connectivity index (χ1v) is 7.79. The van der Waals surface area contributed by atoms with Crippen LogP contribution in [0.15, 0.2) is 47.1 Å². The van der Waals surface area contributed by atoms with Gasteiger partial charge in [0.2, 0.25) is 6.20 Å². The predicted molar refractivity (Wildman–Crippen MR) is 94.7 cm³/mol. The number of benzene rings is 2. The fraction of sp³-hybridized carbons (Fsp3) is 0.118. The summed E-state index contributed by atoms with van der Waals surface area (Å²) in [5.74, 6) is 0.494. The summed E-state index contributed by atoms with van der Waals surface area (Å²) in [4.78, 5) is 22.1. The summed E-state index contributed by atoms with van der Waals surface area (Å²) >= 11 is 3.29. The van der Waals surface area contributed by atoms with Crippen molar-refractivity contribution in [2.75, 3.05) is 14.2 Å². The van der Waals surface area contributed by atoms with Crippen LogP contribution in [-0.2, 0) is 0 Å². The lowest BCUT2D eigenvalue weighted by Gasteiger charge is -2.12. The molecule has 0 aliphatic heterocycles. The molecular formula is C17H14BrNO6. The van der Waals surface area contributed by atoms with Crippen molar-refractivity contribution in [3.63, 3.8) is 0 Å². The zero-order valence-electron chi connectivity index (χ0n) is 13.4. The highest BCUT2D eigenvalue weighted by atomic mass is 79.9. The van der Waals surface area contributed by atoms with E-state index in [1.54, 1.807) is 30.3 Å². The number of methoxy groups -OCH3 is 2. The Labute approximate surface area is 152 Å². The van der Waals surface area contributed by atoms with Gasteiger partial charge in [-0.1, -0.05) is 0 Å². The monoisotopic (exact) mass is 407 g/mol. The molecule has 0 amide bonds. The van der Waals surface area contributed by atoms with Gasteiger partial charge in [0.1, 0.15) is 5.75 Å². The van der Waals surface area contributed by atoms with E-state index in [1.165, 1.54) is 26.4 Å². The third-order valence-corrected chi connectivity index (χ3v) is 3.75. The third kappa shape index (κ3) is 4.80. The Balaban J connectivity index is 2.28. The largest absolute Gasteiger partial charge is 0.497 e. The molecule has 0 bridgehead atoms. The molecule has 0 unspecified atom stereocenters. The minimum Gasteiger partial charge on any atom is -0.497 e. The summed E-state index contributed by atoms with van der Waals surface area (Å²) < 4.78 is 16.1. The van der Waals surface area contributed by atoms with Crippen LogP contribution in [0.5, 0.6) is 17.2 Å². The highest BCUT2D eigenvalue weighted by molar-refractivity contribution is 9.10. The summed E-state index contributed by atoms with van der Waals surface area (Å²) in [6, 6.07) is 9.56. The van der Waals surface area contributed by atoms with Crippen LogP contribution < -0.4 is 14.2 Å². The molecule has 0 atom stereocenters. The van der Waals surface area contributed by atoms with Crippen molar-refractivity contribution in [2.24, 2.45) is 0 Å². The molecule has 8 heteroatoms. The first kappa shape index (κ1) is 18.5. The minimum atomic E-state index is -0.574. The second-order valence-electron chi connectivity index (χ2n) is 4.75. The van der Waals surface area contributed by atoms with Crippen molar-refractivity contribution in [3.05, 3.63) is 68.3 Å².